The molecule has 0 bridgehead atoms. The summed E-state index contributed by atoms with van der Waals surface area (Å²) in [7, 11) is 0. The Morgan fingerprint density at radius 3 is 2.69 bits per heavy atom. The first-order chi connectivity index (χ1) is 14.2. The van der Waals surface area contributed by atoms with E-state index in [0.717, 1.165) is 47.6 Å². The first-order valence-electron chi connectivity index (χ1n) is 9.60. The summed E-state index contributed by atoms with van der Waals surface area (Å²) in [6.45, 7) is 4.28. The topological polar surface area (TPSA) is 82.7 Å². The molecular weight excluding hydrogens is 388 g/mol. The second kappa shape index (κ2) is 7.55. The normalized spacial score (nSPS) is 15.4. The molecule has 0 amide bonds. The number of anilines is 1. The van der Waals surface area contributed by atoms with Crippen molar-refractivity contribution in [3.05, 3.63) is 52.9 Å². The van der Waals surface area contributed by atoms with Crippen LogP contribution in [0.25, 0.3) is 31.9 Å². The third kappa shape index (κ3) is 3.50. The van der Waals surface area contributed by atoms with E-state index in [1.165, 1.54) is 11.3 Å². The van der Waals surface area contributed by atoms with Gasteiger partial charge in [-0.05, 0) is 30.3 Å². The van der Waals surface area contributed by atoms with E-state index >= 15 is 0 Å². The number of hydrogen-bond donors (Lipinski definition) is 1. The number of aromatic nitrogens is 2. The molecular formula is C21H20N4O3S. The van der Waals surface area contributed by atoms with Crippen LogP contribution in [0.2, 0.25) is 0 Å². The number of pyridine rings is 1. The van der Waals surface area contributed by atoms with Gasteiger partial charge in [0.15, 0.2) is 0 Å². The summed E-state index contributed by atoms with van der Waals surface area (Å²) in [4.78, 5) is 26.2. The minimum atomic E-state index is -0.422. The molecule has 1 aromatic carbocycles. The lowest BCUT2D eigenvalue weighted by Gasteiger charge is -2.35. The molecule has 5 rings (SSSR count). The molecule has 0 saturated carbocycles. The molecule has 0 radical (unpaired) electrons. The van der Waals surface area contributed by atoms with Crippen LogP contribution in [-0.2, 0) is 0 Å². The summed E-state index contributed by atoms with van der Waals surface area (Å²) in [5, 5.41) is 10.5. The molecule has 4 heterocycles. The van der Waals surface area contributed by atoms with Crippen molar-refractivity contribution in [1.29, 1.82) is 0 Å². The molecule has 0 aliphatic carbocycles. The predicted molar refractivity (Wildman–Crippen MR) is 115 cm³/mol. The van der Waals surface area contributed by atoms with Crippen LogP contribution >= 0.6 is 11.3 Å². The summed E-state index contributed by atoms with van der Waals surface area (Å²) in [6, 6.07) is 13.5. The molecule has 1 N–H and O–H groups in total. The minimum absolute atomic E-state index is 0.177. The molecule has 0 spiro atoms. The van der Waals surface area contributed by atoms with Crippen LogP contribution in [0.4, 0.5) is 5.82 Å². The second-order valence-electron chi connectivity index (χ2n) is 7.05. The van der Waals surface area contributed by atoms with E-state index in [-0.39, 0.29) is 6.61 Å². The van der Waals surface area contributed by atoms with E-state index in [0.29, 0.717) is 22.8 Å². The van der Waals surface area contributed by atoms with Gasteiger partial charge < -0.3 is 14.4 Å². The van der Waals surface area contributed by atoms with Crippen molar-refractivity contribution in [3.8, 4) is 10.6 Å². The maximum Gasteiger partial charge on any atom is 0.347 e. The standard InChI is InChI=1S/C21H20N4O3S/c26-12-11-24-7-9-25(10-8-24)18-6-5-14-13-15(21(27)28-19(14)23-18)20-22-16-3-1-2-4-17(16)29-20/h1-6,13,26H,7-12H2. The summed E-state index contributed by atoms with van der Waals surface area (Å²) >= 11 is 1.48. The molecule has 1 aliphatic rings. The van der Waals surface area contributed by atoms with Gasteiger partial charge in [0.05, 0.1) is 22.4 Å². The molecule has 7 nitrogen and oxygen atoms in total. The van der Waals surface area contributed by atoms with Crippen LogP contribution in [0.5, 0.6) is 0 Å². The van der Waals surface area contributed by atoms with Crippen LogP contribution in [-0.4, -0.2) is 59.3 Å². The molecule has 148 valence electrons. The Balaban J connectivity index is 1.46. The predicted octanol–water partition coefficient (Wildman–Crippen LogP) is 2.58. The van der Waals surface area contributed by atoms with Gasteiger partial charge in [0.2, 0.25) is 5.71 Å². The number of aliphatic hydroxyl groups is 1. The van der Waals surface area contributed by atoms with Crippen LogP contribution in [0.3, 0.4) is 0 Å². The van der Waals surface area contributed by atoms with Crippen molar-refractivity contribution in [2.45, 2.75) is 0 Å². The van der Waals surface area contributed by atoms with Crippen LogP contribution in [0, 0.1) is 0 Å². The molecule has 3 aromatic heterocycles. The molecule has 1 aliphatic heterocycles. The highest BCUT2D eigenvalue weighted by molar-refractivity contribution is 7.21. The van der Waals surface area contributed by atoms with Crippen molar-refractivity contribution in [1.82, 2.24) is 14.9 Å². The van der Waals surface area contributed by atoms with E-state index in [1.54, 1.807) is 0 Å². The van der Waals surface area contributed by atoms with Gasteiger partial charge >= 0.3 is 5.63 Å². The maximum atomic E-state index is 12.6. The van der Waals surface area contributed by atoms with Gasteiger partial charge in [0, 0.05) is 38.1 Å². The largest absolute Gasteiger partial charge is 0.403 e. The highest BCUT2D eigenvalue weighted by Gasteiger charge is 2.19. The van der Waals surface area contributed by atoms with Crippen LogP contribution in [0.15, 0.2) is 51.7 Å². The zero-order valence-electron chi connectivity index (χ0n) is 15.7. The van der Waals surface area contributed by atoms with E-state index < -0.39 is 5.63 Å². The number of rotatable bonds is 4. The summed E-state index contributed by atoms with van der Waals surface area (Å²) in [6.07, 6.45) is 0. The monoisotopic (exact) mass is 408 g/mol. The zero-order chi connectivity index (χ0) is 19.8. The number of β-amino-alcohol motifs (C(OH)–C–C–N with tert-alkyl or cyclic N) is 1. The number of aliphatic hydroxyl groups excluding tert-OH is 1. The number of benzene rings is 1. The fourth-order valence-corrected chi connectivity index (χ4v) is 4.61. The van der Waals surface area contributed by atoms with Gasteiger partial charge in [-0.25, -0.2) is 9.78 Å². The van der Waals surface area contributed by atoms with Crippen molar-refractivity contribution in [2.75, 3.05) is 44.2 Å². The average Bonchev–Trinajstić information content (AvgIpc) is 3.17. The smallest absolute Gasteiger partial charge is 0.347 e. The van der Waals surface area contributed by atoms with Gasteiger partial charge in [-0.15, -0.1) is 11.3 Å². The van der Waals surface area contributed by atoms with Gasteiger partial charge in [-0.1, -0.05) is 12.1 Å². The summed E-state index contributed by atoms with van der Waals surface area (Å²) in [5.41, 5.74) is 1.26. The van der Waals surface area contributed by atoms with E-state index in [1.807, 2.05) is 42.5 Å². The number of para-hydroxylation sites is 1. The lowest BCUT2D eigenvalue weighted by atomic mass is 10.2. The lowest BCUT2D eigenvalue weighted by Crippen LogP contribution is -2.47. The first-order valence-corrected chi connectivity index (χ1v) is 10.4. The Kier molecular flexibility index (Phi) is 4.75. The Hall–Kier alpha value is -2.81. The Bertz CT molecular complexity index is 1190. The zero-order valence-corrected chi connectivity index (χ0v) is 16.6. The van der Waals surface area contributed by atoms with Crippen molar-refractivity contribution >= 4 is 38.5 Å². The summed E-state index contributed by atoms with van der Waals surface area (Å²) < 4.78 is 6.60. The highest BCUT2D eigenvalue weighted by atomic mass is 32.1. The third-order valence-electron chi connectivity index (χ3n) is 5.22. The quantitative estimate of drug-likeness (QED) is 0.556. The number of hydrogen-bond acceptors (Lipinski definition) is 8. The van der Waals surface area contributed by atoms with Crippen molar-refractivity contribution in [2.24, 2.45) is 0 Å². The SMILES string of the molecule is O=c1oc2nc(N3CCN(CCO)CC3)ccc2cc1-c1nc2ccccc2s1. The van der Waals surface area contributed by atoms with Crippen LogP contribution in [0.1, 0.15) is 0 Å². The van der Waals surface area contributed by atoms with Crippen molar-refractivity contribution < 1.29 is 9.52 Å². The van der Waals surface area contributed by atoms with E-state index in [2.05, 4.69) is 19.8 Å². The first kappa shape index (κ1) is 18.2. The third-order valence-corrected chi connectivity index (χ3v) is 6.29. The van der Waals surface area contributed by atoms with E-state index in [4.69, 9.17) is 9.52 Å². The highest BCUT2D eigenvalue weighted by Crippen LogP contribution is 2.30. The molecule has 4 aromatic rings. The molecule has 1 saturated heterocycles. The molecule has 29 heavy (non-hydrogen) atoms. The fraction of sp³-hybridized carbons (Fsp3) is 0.286. The van der Waals surface area contributed by atoms with Gasteiger partial charge in [-0.2, -0.15) is 4.98 Å². The lowest BCUT2D eigenvalue weighted by molar-refractivity contribution is 0.188. The maximum absolute atomic E-state index is 12.6. The number of thiazole rings is 1. The fourth-order valence-electron chi connectivity index (χ4n) is 3.64. The number of nitrogens with zero attached hydrogens (tertiary/aromatic N) is 4. The Morgan fingerprint density at radius 2 is 1.90 bits per heavy atom. The Labute approximate surface area is 170 Å². The van der Waals surface area contributed by atoms with E-state index in [9.17, 15) is 4.79 Å². The van der Waals surface area contributed by atoms with Crippen LogP contribution < -0.4 is 10.5 Å². The Morgan fingerprint density at radius 1 is 1.07 bits per heavy atom. The molecule has 1 fully saturated rings. The van der Waals surface area contributed by atoms with Gasteiger partial charge in [-0.3, -0.25) is 4.90 Å². The average molecular weight is 408 g/mol. The van der Waals surface area contributed by atoms with Gasteiger partial charge in [0.25, 0.3) is 0 Å². The second-order valence-corrected chi connectivity index (χ2v) is 8.08. The summed E-state index contributed by atoms with van der Waals surface area (Å²) in [5.74, 6) is 0.803. The minimum Gasteiger partial charge on any atom is -0.403 e. The molecule has 0 atom stereocenters. The number of piperazine rings is 1. The van der Waals surface area contributed by atoms with Gasteiger partial charge in [0.1, 0.15) is 10.8 Å². The van der Waals surface area contributed by atoms with Crippen molar-refractivity contribution in [3.63, 3.8) is 0 Å². The molecule has 8 heteroatoms. The molecule has 0 unspecified atom stereocenters. The number of fused-ring (bicyclic) bond motifs is 2.